The van der Waals surface area contributed by atoms with Gasteiger partial charge in [-0.25, -0.2) is 4.79 Å². The van der Waals surface area contributed by atoms with E-state index in [-0.39, 0.29) is 23.6 Å². The van der Waals surface area contributed by atoms with E-state index < -0.39 is 17.6 Å². The summed E-state index contributed by atoms with van der Waals surface area (Å²) >= 11 is 0. The molecule has 0 saturated carbocycles. The number of alkyl carbamates (subject to hydrolysis) is 1. The average molecular weight is 446 g/mol. The molecular formula is C24H35N3O5. The van der Waals surface area contributed by atoms with Gasteiger partial charge in [0.05, 0.1) is 29.8 Å². The number of pyridine rings is 1. The molecule has 2 amide bonds. The largest absolute Gasteiger partial charge is 0.491 e. The summed E-state index contributed by atoms with van der Waals surface area (Å²) in [5.74, 6) is -0.101. The molecule has 8 heteroatoms. The second kappa shape index (κ2) is 10.5. The highest BCUT2D eigenvalue weighted by atomic mass is 16.6. The number of carbonyl (C=O) groups is 2. The number of nitrogens with zero attached hydrogens (tertiary/aromatic N) is 1. The number of hydrogen-bond donors (Lipinski definition) is 2. The van der Waals surface area contributed by atoms with Gasteiger partial charge in [0.25, 0.3) is 5.56 Å². The summed E-state index contributed by atoms with van der Waals surface area (Å²) in [5, 5.41) is 3.46. The fraction of sp³-hybridized carbons (Fsp3) is 0.542. The number of hydrogen-bond acceptors (Lipinski definition) is 5. The van der Waals surface area contributed by atoms with Gasteiger partial charge in [0.1, 0.15) is 11.4 Å². The number of benzene rings is 1. The van der Waals surface area contributed by atoms with Gasteiger partial charge in [-0.1, -0.05) is 33.3 Å². The third-order valence-corrected chi connectivity index (χ3v) is 4.71. The Balaban J connectivity index is 2.73. The monoisotopic (exact) mass is 445 g/mol. The lowest BCUT2D eigenvalue weighted by molar-refractivity contribution is 0.0521. The van der Waals surface area contributed by atoms with Crippen LogP contribution in [0.4, 0.5) is 4.79 Å². The second-order valence-electron chi connectivity index (χ2n) is 9.24. The predicted octanol–water partition coefficient (Wildman–Crippen LogP) is 3.96. The van der Waals surface area contributed by atoms with Gasteiger partial charge in [-0.2, -0.15) is 0 Å². The van der Waals surface area contributed by atoms with E-state index in [9.17, 15) is 14.4 Å². The van der Waals surface area contributed by atoms with E-state index >= 15 is 0 Å². The minimum Gasteiger partial charge on any atom is -0.491 e. The standard InChI is InChI=1S/C24H35N3O5/c1-7-8-12-31-20-18(13-26-23(30)32-24(4,5)6)27(14-15(2)3)22(29)17-11-9-10-16(19(17)20)21(25)28/h9-11,15H,7-8,12-14H2,1-6H3,(H2,25,28)(H,26,30). The van der Waals surface area contributed by atoms with Crippen LogP contribution in [0, 0.1) is 5.92 Å². The molecule has 0 aliphatic carbocycles. The van der Waals surface area contributed by atoms with Crippen molar-refractivity contribution in [3.8, 4) is 5.75 Å². The highest BCUT2D eigenvalue weighted by Crippen LogP contribution is 2.32. The van der Waals surface area contributed by atoms with Gasteiger partial charge in [0.15, 0.2) is 0 Å². The molecule has 0 atom stereocenters. The predicted molar refractivity (Wildman–Crippen MR) is 125 cm³/mol. The Morgan fingerprint density at radius 3 is 2.47 bits per heavy atom. The first-order valence-corrected chi connectivity index (χ1v) is 11.0. The van der Waals surface area contributed by atoms with E-state index in [1.807, 2.05) is 20.8 Å². The Labute approximate surface area is 189 Å². The molecule has 0 radical (unpaired) electrons. The average Bonchev–Trinajstić information content (AvgIpc) is 2.68. The summed E-state index contributed by atoms with van der Waals surface area (Å²) < 4.78 is 13.1. The van der Waals surface area contributed by atoms with Crippen molar-refractivity contribution in [1.82, 2.24) is 9.88 Å². The highest BCUT2D eigenvalue weighted by Gasteiger charge is 2.24. The fourth-order valence-corrected chi connectivity index (χ4v) is 3.39. The Hall–Kier alpha value is -3.03. The molecule has 8 nitrogen and oxygen atoms in total. The van der Waals surface area contributed by atoms with Gasteiger partial charge in [-0.05, 0) is 45.2 Å². The van der Waals surface area contributed by atoms with Crippen molar-refractivity contribution in [1.29, 1.82) is 0 Å². The second-order valence-corrected chi connectivity index (χ2v) is 9.24. The molecule has 0 fully saturated rings. The van der Waals surface area contributed by atoms with Gasteiger partial charge >= 0.3 is 6.09 Å². The summed E-state index contributed by atoms with van der Waals surface area (Å²) in [7, 11) is 0. The highest BCUT2D eigenvalue weighted by molar-refractivity contribution is 6.08. The molecule has 0 aliphatic heterocycles. The van der Waals surface area contributed by atoms with Gasteiger partial charge in [-0.3, -0.25) is 9.59 Å². The van der Waals surface area contributed by atoms with E-state index in [1.54, 1.807) is 43.5 Å². The molecule has 32 heavy (non-hydrogen) atoms. The van der Waals surface area contributed by atoms with Crippen molar-refractivity contribution in [2.24, 2.45) is 11.7 Å². The lowest BCUT2D eigenvalue weighted by Crippen LogP contribution is -2.35. The van der Waals surface area contributed by atoms with Crippen LogP contribution < -0.4 is 21.3 Å². The summed E-state index contributed by atoms with van der Waals surface area (Å²) in [4.78, 5) is 37.9. The fourth-order valence-electron chi connectivity index (χ4n) is 3.39. The molecule has 0 saturated heterocycles. The number of fused-ring (bicyclic) bond motifs is 1. The van der Waals surface area contributed by atoms with Crippen LogP contribution in [0.25, 0.3) is 10.8 Å². The van der Waals surface area contributed by atoms with Gasteiger partial charge in [-0.15, -0.1) is 0 Å². The molecule has 1 heterocycles. The van der Waals surface area contributed by atoms with E-state index in [4.69, 9.17) is 15.2 Å². The zero-order chi connectivity index (χ0) is 24.1. The zero-order valence-corrected chi connectivity index (χ0v) is 19.9. The van der Waals surface area contributed by atoms with Crippen LogP contribution in [-0.4, -0.2) is 28.8 Å². The van der Waals surface area contributed by atoms with Crippen LogP contribution in [0.1, 0.15) is 70.4 Å². The number of nitrogens with one attached hydrogen (secondary N) is 1. The third kappa shape index (κ3) is 6.24. The van der Waals surface area contributed by atoms with Crippen LogP contribution >= 0.6 is 0 Å². The van der Waals surface area contributed by atoms with Crippen LogP contribution in [-0.2, 0) is 17.8 Å². The normalized spacial score (nSPS) is 11.6. The summed E-state index contributed by atoms with van der Waals surface area (Å²) in [6.45, 7) is 12.2. The number of aromatic nitrogens is 1. The number of unbranched alkanes of at least 4 members (excludes halogenated alkanes) is 1. The first-order chi connectivity index (χ1) is 15.0. The Kier molecular flexibility index (Phi) is 8.30. The number of ether oxygens (including phenoxy) is 2. The molecule has 2 aromatic rings. The minimum absolute atomic E-state index is 0.00136. The van der Waals surface area contributed by atoms with Crippen molar-refractivity contribution in [3.05, 3.63) is 39.8 Å². The number of rotatable bonds is 9. The molecule has 0 spiro atoms. The lowest BCUT2D eigenvalue weighted by atomic mass is 10.0. The third-order valence-electron chi connectivity index (χ3n) is 4.71. The maximum absolute atomic E-state index is 13.4. The molecule has 0 aliphatic rings. The quantitative estimate of drug-likeness (QED) is 0.567. The number of amides is 2. The van der Waals surface area contributed by atoms with Crippen molar-refractivity contribution in [3.63, 3.8) is 0 Å². The van der Waals surface area contributed by atoms with Crippen molar-refractivity contribution in [2.75, 3.05) is 6.61 Å². The summed E-state index contributed by atoms with van der Waals surface area (Å²) in [6.07, 6.45) is 1.10. The smallest absolute Gasteiger partial charge is 0.407 e. The van der Waals surface area contributed by atoms with Crippen molar-refractivity contribution < 1.29 is 19.1 Å². The molecular weight excluding hydrogens is 410 g/mol. The molecule has 0 unspecified atom stereocenters. The molecule has 1 aromatic carbocycles. The van der Waals surface area contributed by atoms with Crippen molar-refractivity contribution >= 4 is 22.8 Å². The maximum atomic E-state index is 13.4. The SMILES string of the molecule is CCCCOc1c(CNC(=O)OC(C)(C)C)n(CC(C)C)c(=O)c2cccc(C(N)=O)c12. The van der Waals surface area contributed by atoms with Crippen LogP contribution in [0.15, 0.2) is 23.0 Å². The van der Waals surface area contributed by atoms with E-state index in [0.717, 1.165) is 12.8 Å². The molecule has 0 bridgehead atoms. The maximum Gasteiger partial charge on any atom is 0.407 e. The number of nitrogens with two attached hydrogens (primary N) is 1. The topological polar surface area (TPSA) is 113 Å². The molecule has 176 valence electrons. The Bertz CT molecular complexity index is 1030. The van der Waals surface area contributed by atoms with Crippen LogP contribution in [0.5, 0.6) is 5.75 Å². The van der Waals surface area contributed by atoms with E-state index in [1.165, 1.54) is 0 Å². The molecule has 2 rings (SSSR count). The first kappa shape index (κ1) is 25.2. The van der Waals surface area contributed by atoms with Gasteiger partial charge in [0.2, 0.25) is 5.91 Å². The van der Waals surface area contributed by atoms with Gasteiger partial charge < -0.3 is 25.1 Å². The molecule has 1 aromatic heterocycles. The van der Waals surface area contributed by atoms with Crippen molar-refractivity contribution in [2.45, 2.75) is 73.1 Å². The molecule has 3 N–H and O–H groups in total. The zero-order valence-electron chi connectivity index (χ0n) is 19.9. The Morgan fingerprint density at radius 1 is 1.22 bits per heavy atom. The van der Waals surface area contributed by atoms with Gasteiger partial charge in [0, 0.05) is 11.9 Å². The van der Waals surface area contributed by atoms with E-state index in [0.29, 0.717) is 35.4 Å². The summed E-state index contributed by atoms with van der Waals surface area (Å²) in [5.41, 5.74) is 5.38. The van der Waals surface area contributed by atoms with E-state index in [2.05, 4.69) is 5.32 Å². The number of carbonyl (C=O) groups excluding carboxylic acids is 2. The lowest BCUT2D eigenvalue weighted by Gasteiger charge is -2.23. The minimum atomic E-state index is -0.662. The number of primary amides is 1. The van der Waals surface area contributed by atoms with Crippen LogP contribution in [0.3, 0.4) is 0 Å². The van der Waals surface area contributed by atoms with Crippen LogP contribution in [0.2, 0.25) is 0 Å². The summed E-state index contributed by atoms with van der Waals surface area (Å²) in [6, 6.07) is 4.88. The Morgan fingerprint density at radius 2 is 1.91 bits per heavy atom. The first-order valence-electron chi connectivity index (χ1n) is 11.0.